The summed E-state index contributed by atoms with van der Waals surface area (Å²) in [6.07, 6.45) is -3.40. The third kappa shape index (κ3) is 3.77. The summed E-state index contributed by atoms with van der Waals surface area (Å²) in [7, 11) is 1.23. The summed E-state index contributed by atoms with van der Waals surface area (Å²) in [4.78, 5) is 21.9. The molecule has 104 valence electrons. The predicted octanol–water partition coefficient (Wildman–Crippen LogP) is 0.651. The molecule has 0 bridgehead atoms. The summed E-state index contributed by atoms with van der Waals surface area (Å²) < 4.78 is 4.56. The van der Waals surface area contributed by atoms with Crippen LogP contribution in [0.1, 0.15) is 34.0 Å². The van der Waals surface area contributed by atoms with E-state index in [0.717, 1.165) is 0 Å². The molecule has 0 radical (unpaired) electrons. The van der Waals surface area contributed by atoms with Crippen molar-refractivity contribution < 1.29 is 29.6 Å². The number of aliphatic hydroxyl groups is 2. The number of ether oxygens (including phenoxy) is 1. The SMILES string of the molecule is COC(=O)c1ccc(C)c(C(O)C(O)CC(=O)O)c1. The maximum Gasteiger partial charge on any atom is 0.337 e. The van der Waals surface area contributed by atoms with Crippen LogP contribution in [0.3, 0.4) is 0 Å². The Hall–Kier alpha value is -1.92. The number of hydrogen-bond acceptors (Lipinski definition) is 5. The Morgan fingerprint density at radius 2 is 1.95 bits per heavy atom. The summed E-state index contributed by atoms with van der Waals surface area (Å²) in [5.74, 6) is -1.78. The van der Waals surface area contributed by atoms with Gasteiger partial charge in [0.15, 0.2) is 0 Å². The van der Waals surface area contributed by atoms with Crippen molar-refractivity contribution in [2.45, 2.75) is 25.6 Å². The molecule has 0 saturated carbocycles. The Labute approximate surface area is 110 Å². The number of esters is 1. The summed E-state index contributed by atoms with van der Waals surface area (Å²) in [5, 5.41) is 28.1. The molecule has 0 spiro atoms. The van der Waals surface area contributed by atoms with Gasteiger partial charge in [0.1, 0.15) is 6.10 Å². The summed E-state index contributed by atoms with van der Waals surface area (Å²) in [6.45, 7) is 1.69. The lowest BCUT2D eigenvalue weighted by atomic mass is 9.96. The van der Waals surface area contributed by atoms with Gasteiger partial charge in [-0.3, -0.25) is 4.79 Å². The molecule has 1 aromatic rings. The number of aryl methyl sites for hydroxylation is 1. The van der Waals surface area contributed by atoms with Crippen LogP contribution in [0.15, 0.2) is 18.2 Å². The Kier molecular flexibility index (Phi) is 5.02. The fraction of sp³-hybridized carbons (Fsp3) is 0.385. The van der Waals surface area contributed by atoms with Crippen molar-refractivity contribution in [2.75, 3.05) is 7.11 Å². The van der Waals surface area contributed by atoms with E-state index in [-0.39, 0.29) is 5.56 Å². The van der Waals surface area contributed by atoms with Gasteiger partial charge in [0.25, 0.3) is 0 Å². The first kappa shape index (κ1) is 15.1. The Bertz CT molecular complexity index is 482. The van der Waals surface area contributed by atoms with E-state index in [2.05, 4.69) is 4.74 Å². The van der Waals surface area contributed by atoms with Gasteiger partial charge in [0.2, 0.25) is 0 Å². The third-order valence-corrected chi connectivity index (χ3v) is 2.77. The number of aliphatic hydroxyl groups excluding tert-OH is 2. The predicted molar refractivity (Wildman–Crippen MR) is 65.7 cm³/mol. The lowest BCUT2D eigenvalue weighted by Gasteiger charge is -2.19. The zero-order chi connectivity index (χ0) is 14.6. The number of carboxylic acid groups (broad SMARTS) is 1. The van der Waals surface area contributed by atoms with E-state index in [1.807, 2.05) is 0 Å². The lowest BCUT2D eigenvalue weighted by molar-refractivity contribution is -0.141. The standard InChI is InChI=1S/C13H16O6/c1-7-3-4-8(13(18)19-2)5-9(7)12(17)10(14)6-11(15)16/h3-5,10,12,14,17H,6H2,1-2H3,(H,15,16). The number of carbonyl (C=O) groups excluding carboxylic acids is 1. The molecule has 0 aliphatic carbocycles. The van der Waals surface area contributed by atoms with E-state index in [1.54, 1.807) is 13.0 Å². The number of carboxylic acids is 1. The maximum absolute atomic E-state index is 11.4. The largest absolute Gasteiger partial charge is 0.481 e. The van der Waals surface area contributed by atoms with Crippen molar-refractivity contribution in [1.82, 2.24) is 0 Å². The van der Waals surface area contributed by atoms with Crippen LogP contribution in [0, 0.1) is 6.92 Å². The van der Waals surface area contributed by atoms with Crippen LogP contribution >= 0.6 is 0 Å². The zero-order valence-electron chi connectivity index (χ0n) is 10.7. The van der Waals surface area contributed by atoms with Gasteiger partial charge >= 0.3 is 11.9 Å². The van der Waals surface area contributed by atoms with Gasteiger partial charge in [-0.25, -0.2) is 4.79 Å². The highest BCUT2D eigenvalue weighted by Gasteiger charge is 2.23. The molecule has 6 heteroatoms. The molecule has 0 fully saturated rings. The normalized spacial score (nSPS) is 13.7. The van der Waals surface area contributed by atoms with Crippen LogP contribution in [-0.4, -0.2) is 40.5 Å². The van der Waals surface area contributed by atoms with Gasteiger partial charge in [-0.05, 0) is 30.2 Å². The minimum absolute atomic E-state index is 0.227. The molecule has 3 N–H and O–H groups in total. The smallest absolute Gasteiger partial charge is 0.337 e. The molecule has 2 unspecified atom stereocenters. The maximum atomic E-state index is 11.4. The first-order valence-electron chi connectivity index (χ1n) is 5.63. The zero-order valence-corrected chi connectivity index (χ0v) is 10.7. The third-order valence-electron chi connectivity index (χ3n) is 2.77. The first-order chi connectivity index (χ1) is 8.86. The number of benzene rings is 1. The van der Waals surface area contributed by atoms with Crippen LogP contribution < -0.4 is 0 Å². The molecule has 1 rings (SSSR count). The van der Waals surface area contributed by atoms with E-state index in [1.165, 1.54) is 19.2 Å². The molecule has 2 atom stereocenters. The Morgan fingerprint density at radius 3 is 2.47 bits per heavy atom. The van der Waals surface area contributed by atoms with Gasteiger partial charge in [-0.2, -0.15) is 0 Å². The average molecular weight is 268 g/mol. The minimum Gasteiger partial charge on any atom is -0.481 e. The molecular weight excluding hydrogens is 252 g/mol. The van der Waals surface area contributed by atoms with Crippen molar-refractivity contribution >= 4 is 11.9 Å². The van der Waals surface area contributed by atoms with Gasteiger partial charge in [-0.15, -0.1) is 0 Å². The fourth-order valence-corrected chi connectivity index (χ4v) is 1.70. The average Bonchev–Trinajstić information content (AvgIpc) is 2.36. The second-order valence-electron chi connectivity index (χ2n) is 4.17. The highest BCUT2D eigenvalue weighted by Crippen LogP contribution is 2.24. The molecule has 0 aliphatic rings. The quantitative estimate of drug-likeness (QED) is 0.677. The molecule has 0 aromatic heterocycles. The van der Waals surface area contributed by atoms with Crippen molar-refractivity contribution in [1.29, 1.82) is 0 Å². The summed E-state index contributed by atoms with van der Waals surface area (Å²) >= 11 is 0. The minimum atomic E-state index is -1.44. The van der Waals surface area contributed by atoms with E-state index < -0.39 is 30.6 Å². The van der Waals surface area contributed by atoms with Crippen LogP contribution in [0.25, 0.3) is 0 Å². The number of rotatable bonds is 5. The van der Waals surface area contributed by atoms with Gasteiger partial charge in [0.05, 0.1) is 25.2 Å². The van der Waals surface area contributed by atoms with E-state index in [4.69, 9.17) is 5.11 Å². The van der Waals surface area contributed by atoms with Crippen molar-refractivity contribution in [3.8, 4) is 0 Å². The van der Waals surface area contributed by atoms with Crippen molar-refractivity contribution in [3.05, 3.63) is 34.9 Å². The van der Waals surface area contributed by atoms with E-state index >= 15 is 0 Å². The highest BCUT2D eigenvalue weighted by atomic mass is 16.5. The number of carbonyl (C=O) groups is 2. The molecule has 0 saturated heterocycles. The monoisotopic (exact) mass is 268 g/mol. The number of hydrogen-bond donors (Lipinski definition) is 3. The number of aliphatic carboxylic acids is 1. The van der Waals surface area contributed by atoms with Crippen LogP contribution in [0.4, 0.5) is 0 Å². The first-order valence-corrected chi connectivity index (χ1v) is 5.63. The Morgan fingerprint density at radius 1 is 1.32 bits per heavy atom. The summed E-state index contributed by atoms with van der Waals surface area (Å²) in [5.41, 5.74) is 1.17. The Balaban J connectivity index is 3.04. The van der Waals surface area contributed by atoms with Gasteiger partial charge < -0.3 is 20.1 Å². The summed E-state index contributed by atoms with van der Waals surface area (Å²) in [6, 6.07) is 4.51. The van der Waals surface area contributed by atoms with E-state index in [9.17, 15) is 19.8 Å². The topological polar surface area (TPSA) is 104 Å². The molecule has 0 aliphatic heterocycles. The van der Waals surface area contributed by atoms with E-state index in [0.29, 0.717) is 11.1 Å². The molecule has 6 nitrogen and oxygen atoms in total. The second kappa shape index (κ2) is 6.31. The van der Waals surface area contributed by atoms with Crippen LogP contribution in [-0.2, 0) is 9.53 Å². The molecule has 0 amide bonds. The lowest BCUT2D eigenvalue weighted by Crippen LogP contribution is -2.22. The van der Waals surface area contributed by atoms with Crippen LogP contribution in [0.5, 0.6) is 0 Å². The molecule has 1 aromatic carbocycles. The molecule has 19 heavy (non-hydrogen) atoms. The highest BCUT2D eigenvalue weighted by molar-refractivity contribution is 5.89. The molecule has 0 heterocycles. The van der Waals surface area contributed by atoms with Crippen molar-refractivity contribution in [3.63, 3.8) is 0 Å². The van der Waals surface area contributed by atoms with Gasteiger partial charge in [0, 0.05) is 0 Å². The van der Waals surface area contributed by atoms with Crippen molar-refractivity contribution in [2.24, 2.45) is 0 Å². The van der Waals surface area contributed by atoms with Crippen LogP contribution in [0.2, 0.25) is 0 Å². The second-order valence-corrected chi connectivity index (χ2v) is 4.17. The number of methoxy groups -OCH3 is 1. The van der Waals surface area contributed by atoms with Gasteiger partial charge in [-0.1, -0.05) is 6.07 Å². The fourth-order valence-electron chi connectivity index (χ4n) is 1.70. The molecular formula is C13H16O6.